The highest BCUT2D eigenvalue weighted by molar-refractivity contribution is 7.88. The molecular weight excluding hydrogens is 583 g/mol. The van der Waals surface area contributed by atoms with E-state index in [-0.39, 0.29) is 53.0 Å². The number of hydrogen-bond donors (Lipinski definition) is 2. The molecule has 0 spiro atoms. The molecular formula is C29H40ClFN6O4S. The number of nitrogens with zero attached hydrogens (tertiary/aromatic N) is 4. The second kappa shape index (κ2) is 11.6. The van der Waals surface area contributed by atoms with Gasteiger partial charge >= 0.3 is 0 Å². The largest absolute Gasteiger partial charge is 0.493 e. The number of amides is 1. The van der Waals surface area contributed by atoms with Gasteiger partial charge in [0.1, 0.15) is 23.9 Å². The van der Waals surface area contributed by atoms with Gasteiger partial charge in [-0.1, -0.05) is 0 Å². The number of alkyl halides is 2. The summed E-state index contributed by atoms with van der Waals surface area (Å²) in [5.74, 6) is 1.23. The second-order valence-corrected chi connectivity index (χ2v) is 15.2. The fourth-order valence-electron chi connectivity index (χ4n) is 8.02. The summed E-state index contributed by atoms with van der Waals surface area (Å²) in [6, 6.07) is -0.287. The topological polar surface area (TPSA) is 130 Å². The van der Waals surface area contributed by atoms with E-state index in [0.29, 0.717) is 61.2 Å². The molecule has 3 heterocycles. The van der Waals surface area contributed by atoms with Gasteiger partial charge in [0.2, 0.25) is 10.0 Å². The Hall–Kier alpha value is -2.31. The molecule has 3 saturated carbocycles. The van der Waals surface area contributed by atoms with E-state index >= 15 is 0 Å². The van der Waals surface area contributed by atoms with Gasteiger partial charge in [-0.3, -0.25) is 4.79 Å². The Balaban J connectivity index is 1.33. The molecule has 2 aromatic rings. The number of carbonyl (C=O) groups excluding carboxylic acids is 1. The number of aromatic nitrogens is 4. The van der Waals surface area contributed by atoms with Crippen LogP contribution in [0.2, 0.25) is 0 Å². The van der Waals surface area contributed by atoms with Crippen molar-refractivity contribution in [1.82, 2.24) is 29.6 Å². The monoisotopic (exact) mass is 622 g/mol. The van der Waals surface area contributed by atoms with Gasteiger partial charge in [-0.25, -0.2) is 32.1 Å². The summed E-state index contributed by atoms with van der Waals surface area (Å²) in [7, 11) is -0.209. The van der Waals surface area contributed by atoms with Gasteiger partial charge in [-0.05, 0) is 63.2 Å². The summed E-state index contributed by atoms with van der Waals surface area (Å²) in [5.41, 5.74) is 1.84. The first-order valence-electron chi connectivity index (χ1n) is 15.1. The number of H-pyrrole nitrogens is 1. The Labute approximate surface area is 251 Å². The van der Waals surface area contributed by atoms with E-state index in [1.54, 1.807) is 26.5 Å². The third kappa shape index (κ3) is 5.54. The van der Waals surface area contributed by atoms with E-state index in [1.807, 2.05) is 0 Å². The summed E-state index contributed by atoms with van der Waals surface area (Å²) >= 11 is 6.89. The van der Waals surface area contributed by atoms with Crippen LogP contribution in [0.1, 0.15) is 69.5 Å². The van der Waals surface area contributed by atoms with Crippen LogP contribution >= 0.6 is 11.6 Å². The predicted octanol–water partition coefficient (Wildman–Crippen LogP) is 4.06. The maximum atomic E-state index is 14.0. The lowest BCUT2D eigenvalue weighted by Crippen LogP contribution is -2.52. The molecule has 1 amide bonds. The molecule has 10 nitrogen and oxygen atoms in total. The molecule has 0 bridgehead atoms. The minimum absolute atomic E-state index is 0.00538. The van der Waals surface area contributed by atoms with E-state index in [0.717, 1.165) is 25.1 Å². The van der Waals surface area contributed by atoms with E-state index in [1.165, 1.54) is 10.6 Å². The number of likely N-dealkylation sites (N-methyl/N-ethyl adjacent to an activating group) is 1. The van der Waals surface area contributed by atoms with Gasteiger partial charge in [-0.2, -0.15) is 0 Å². The minimum Gasteiger partial charge on any atom is -0.493 e. The molecule has 6 rings (SSSR count). The molecule has 0 aromatic carbocycles. The van der Waals surface area contributed by atoms with Gasteiger partial charge in [0.15, 0.2) is 11.3 Å². The van der Waals surface area contributed by atoms with Crippen molar-refractivity contribution < 1.29 is 22.3 Å². The standard InChI is InChI=1S/C29H40ClFN6O4S/c1-32-29(38)24-20-13-18(16-6-9-21(30)19(12-16)26-35-27-28(36-26)34-11-10-33-27)22(37(2)42(3,39)40)14-23(20)41-25(24)15-4-7-17(31)8-5-15/h10-11,15-23H,4-9,12-14H2,1-3H3,(H,32,38)(H,33,34,35,36). The fourth-order valence-corrected chi connectivity index (χ4v) is 9.10. The lowest BCUT2D eigenvalue weighted by Gasteiger charge is -2.47. The van der Waals surface area contributed by atoms with Gasteiger partial charge in [-0.15, -0.1) is 11.6 Å². The second-order valence-electron chi connectivity index (χ2n) is 12.6. The molecule has 7 atom stereocenters. The Bertz CT molecular complexity index is 1430. The fraction of sp³-hybridized carbons (Fsp3) is 0.724. The Morgan fingerprint density at radius 3 is 2.52 bits per heavy atom. The number of fused-ring (bicyclic) bond motifs is 2. The lowest BCUT2D eigenvalue weighted by molar-refractivity contribution is -0.117. The zero-order valence-electron chi connectivity index (χ0n) is 24.3. The van der Waals surface area contributed by atoms with Crippen molar-refractivity contribution in [2.24, 2.45) is 23.7 Å². The van der Waals surface area contributed by atoms with Crippen LogP contribution < -0.4 is 5.32 Å². The maximum Gasteiger partial charge on any atom is 0.250 e. The van der Waals surface area contributed by atoms with Crippen LogP contribution in [0, 0.1) is 23.7 Å². The van der Waals surface area contributed by atoms with Gasteiger partial charge < -0.3 is 15.0 Å². The molecule has 2 N–H and O–H groups in total. The quantitative estimate of drug-likeness (QED) is 0.465. The first kappa shape index (κ1) is 29.7. The average Bonchev–Trinajstić information content (AvgIpc) is 3.57. The van der Waals surface area contributed by atoms with Crippen molar-refractivity contribution in [3.8, 4) is 0 Å². The van der Waals surface area contributed by atoms with Crippen molar-refractivity contribution in [2.45, 2.75) is 87.4 Å². The van der Waals surface area contributed by atoms with Crippen molar-refractivity contribution in [1.29, 1.82) is 0 Å². The van der Waals surface area contributed by atoms with Crippen molar-refractivity contribution in [3.05, 3.63) is 29.6 Å². The number of allylic oxidation sites excluding steroid dienone is 1. The lowest BCUT2D eigenvalue weighted by atomic mass is 9.64. The van der Waals surface area contributed by atoms with Gasteiger partial charge in [0.25, 0.3) is 5.91 Å². The predicted molar refractivity (Wildman–Crippen MR) is 157 cm³/mol. The Morgan fingerprint density at radius 2 is 1.83 bits per heavy atom. The molecule has 1 aliphatic heterocycles. The highest BCUT2D eigenvalue weighted by Crippen LogP contribution is 2.53. The molecule has 3 aliphatic carbocycles. The van der Waals surface area contributed by atoms with Crippen LogP contribution in [-0.4, -0.2) is 82.6 Å². The molecule has 0 radical (unpaired) electrons. The summed E-state index contributed by atoms with van der Waals surface area (Å²) in [6.07, 6.45) is 9.06. The molecule has 4 aliphatic rings. The maximum absolute atomic E-state index is 14.0. The molecule has 7 unspecified atom stereocenters. The molecule has 13 heteroatoms. The van der Waals surface area contributed by atoms with Crippen molar-refractivity contribution in [2.75, 3.05) is 20.4 Å². The van der Waals surface area contributed by atoms with E-state index < -0.39 is 16.2 Å². The smallest absolute Gasteiger partial charge is 0.250 e. The summed E-state index contributed by atoms with van der Waals surface area (Å²) in [4.78, 5) is 30.0. The molecule has 42 heavy (non-hydrogen) atoms. The molecule has 230 valence electrons. The van der Waals surface area contributed by atoms with Crippen LogP contribution in [0.5, 0.6) is 0 Å². The molecule has 0 saturated heterocycles. The highest BCUT2D eigenvalue weighted by Gasteiger charge is 2.52. The third-order valence-electron chi connectivity index (χ3n) is 10.3. The Kier molecular flexibility index (Phi) is 8.25. The number of sulfonamides is 1. The van der Waals surface area contributed by atoms with Crippen molar-refractivity contribution in [3.63, 3.8) is 0 Å². The van der Waals surface area contributed by atoms with E-state index in [4.69, 9.17) is 21.3 Å². The van der Waals surface area contributed by atoms with E-state index in [9.17, 15) is 17.6 Å². The van der Waals surface area contributed by atoms with Gasteiger partial charge in [0, 0.05) is 62.1 Å². The Morgan fingerprint density at radius 1 is 1.10 bits per heavy atom. The summed E-state index contributed by atoms with van der Waals surface area (Å²) in [6.45, 7) is 0. The number of carbonyl (C=O) groups is 1. The SMILES string of the molecule is CNC(=O)C1=C(C2CCC(F)CC2)OC2CC(N(C)S(C)(=O)=O)C(C3CCC(Cl)C(c4nc5nccnc5[nH]4)C3)CC12. The normalized spacial score (nSPS) is 35.7. The molecule has 3 fully saturated rings. The highest BCUT2D eigenvalue weighted by atomic mass is 35.5. The molecule has 2 aromatic heterocycles. The number of ether oxygens (including phenoxy) is 1. The summed E-state index contributed by atoms with van der Waals surface area (Å²) < 4.78 is 47.8. The van der Waals surface area contributed by atoms with Crippen LogP contribution in [0.3, 0.4) is 0 Å². The zero-order valence-corrected chi connectivity index (χ0v) is 25.9. The number of halogens is 2. The first-order chi connectivity index (χ1) is 20.0. The number of rotatable bonds is 6. The van der Waals surface area contributed by atoms with E-state index in [2.05, 4.69) is 20.3 Å². The van der Waals surface area contributed by atoms with Crippen LogP contribution in [0.4, 0.5) is 4.39 Å². The van der Waals surface area contributed by atoms with Crippen LogP contribution in [0.25, 0.3) is 11.3 Å². The van der Waals surface area contributed by atoms with Crippen LogP contribution in [-0.2, 0) is 19.6 Å². The third-order valence-corrected chi connectivity index (χ3v) is 12.1. The zero-order chi connectivity index (χ0) is 29.8. The van der Waals surface area contributed by atoms with Crippen molar-refractivity contribution >= 4 is 38.8 Å². The van der Waals surface area contributed by atoms with Crippen LogP contribution in [0.15, 0.2) is 23.7 Å². The number of hydrogen-bond acceptors (Lipinski definition) is 7. The minimum atomic E-state index is -3.49. The average molecular weight is 623 g/mol. The first-order valence-corrected chi connectivity index (χ1v) is 17.3. The summed E-state index contributed by atoms with van der Waals surface area (Å²) in [5, 5.41) is 2.69. The number of imidazole rings is 1. The number of aromatic amines is 1. The number of nitrogens with one attached hydrogen (secondary N) is 2. The van der Waals surface area contributed by atoms with Gasteiger partial charge in [0.05, 0.1) is 11.8 Å².